The summed E-state index contributed by atoms with van der Waals surface area (Å²) in [4.78, 5) is 0. The zero-order valence-electron chi connectivity index (χ0n) is 12.5. The summed E-state index contributed by atoms with van der Waals surface area (Å²) in [5.74, 6) is 1.33. The van der Waals surface area contributed by atoms with Crippen molar-refractivity contribution in [3.8, 4) is 17.1 Å². The molecule has 114 valence electrons. The van der Waals surface area contributed by atoms with Gasteiger partial charge in [0.25, 0.3) is 0 Å². The van der Waals surface area contributed by atoms with Gasteiger partial charge in [-0.2, -0.15) is 0 Å². The molecule has 0 aliphatic heterocycles. The first-order valence-corrected chi connectivity index (χ1v) is 7.04. The minimum absolute atomic E-state index is 0.571. The predicted octanol–water partition coefficient (Wildman–Crippen LogP) is 1.75. The number of aromatic nitrogens is 4. The molecule has 7 nitrogen and oxygen atoms in total. The van der Waals surface area contributed by atoms with Gasteiger partial charge in [0.05, 0.1) is 20.3 Å². The average molecular weight is 291 g/mol. The van der Waals surface area contributed by atoms with Crippen molar-refractivity contribution in [2.75, 3.05) is 26.1 Å². The normalized spacial score (nSPS) is 10.8. The van der Waals surface area contributed by atoms with Gasteiger partial charge >= 0.3 is 0 Å². The molecule has 21 heavy (non-hydrogen) atoms. The Bertz CT molecular complexity index is 570. The smallest absolute Gasteiger partial charge is 0.184 e. The van der Waals surface area contributed by atoms with Crippen molar-refractivity contribution in [1.82, 2.24) is 20.2 Å². The van der Waals surface area contributed by atoms with E-state index < -0.39 is 0 Å². The van der Waals surface area contributed by atoms with Crippen LogP contribution in [0.15, 0.2) is 18.2 Å². The number of methoxy groups -OCH3 is 1. The highest BCUT2D eigenvalue weighted by atomic mass is 16.5. The van der Waals surface area contributed by atoms with Gasteiger partial charge in [0.1, 0.15) is 5.75 Å². The lowest BCUT2D eigenvalue weighted by Gasteiger charge is -2.09. The van der Waals surface area contributed by atoms with Crippen LogP contribution in [-0.4, -0.2) is 40.5 Å². The highest BCUT2D eigenvalue weighted by Crippen LogP contribution is 2.27. The van der Waals surface area contributed by atoms with E-state index in [-0.39, 0.29) is 0 Å². The van der Waals surface area contributed by atoms with Gasteiger partial charge < -0.3 is 15.2 Å². The molecule has 0 saturated carbocycles. The lowest BCUT2D eigenvalue weighted by atomic mass is 10.1. The molecule has 0 spiro atoms. The number of anilines is 1. The summed E-state index contributed by atoms with van der Waals surface area (Å²) < 4.78 is 12.4. The fraction of sp³-hybridized carbons (Fsp3) is 0.500. The van der Waals surface area contributed by atoms with Crippen molar-refractivity contribution in [3.63, 3.8) is 0 Å². The molecule has 0 fully saturated rings. The van der Waals surface area contributed by atoms with Crippen LogP contribution >= 0.6 is 0 Å². The number of tetrazole rings is 1. The number of hydrogen-bond donors (Lipinski definition) is 1. The molecule has 2 aromatic rings. The molecular formula is C14H21N5O2. The molecule has 2 rings (SSSR count). The Balaban J connectivity index is 2.09. The van der Waals surface area contributed by atoms with Crippen molar-refractivity contribution in [2.45, 2.75) is 26.3 Å². The highest BCUT2D eigenvalue weighted by molar-refractivity contribution is 5.72. The molecule has 0 bridgehead atoms. The number of ether oxygens (including phenoxy) is 2. The Morgan fingerprint density at radius 3 is 2.90 bits per heavy atom. The van der Waals surface area contributed by atoms with Crippen molar-refractivity contribution in [2.24, 2.45) is 0 Å². The van der Waals surface area contributed by atoms with Crippen LogP contribution in [0.1, 0.15) is 19.8 Å². The molecule has 0 aliphatic rings. The zero-order valence-corrected chi connectivity index (χ0v) is 12.5. The molecule has 0 saturated heterocycles. The quantitative estimate of drug-likeness (QED) is 0.589. The van der Waals surface area contributed by atoms with Gasteiger partial charge in [-0.05, 0) is 35.0 Å². The molecule has 7 heteroatoms. The molecule has 1 aromatic heterocycles. The second-order valence-electron chi connectivity index (χ2n) is 4.64. The van der Waals surface area contributed by atoms with Crippen LogP contribution in [0, 0.1) is 0 Å². The number of benzene rings is 1. The minimum Gasteiger partial charge on any atom is -0.497 e. The van der Waals surface area contributed by atoms with Gasteiger partial charge in [-0.15, -0.1) is 5.10 Å². The third-order valence-electron chi connectivity index (χ3n) is 3.12. The summed E-state index contributed by atoms with van der Waals surface area (Å²) in [6, 6.07) is 5.42. The fourth-order valence-electron chi connectivity index (χ4n) is 1.90. The van der Waals surface area contributed by atoms with Gasteiger partial charge in [0.2, 0.25) is 0 Å². The first-order valence-electron chi connectivity index (χ1n) is 7.04. The van der Waals surface area contributed by atoms with Gasteiger partial charge in [-0.3, -0.25) is 0 Å². The Labute approximate surface area is 124 Å². The summed E-state index contributed by atoms with van der Waals surface area (Å²) in [6.45, 7) is 4.05. The molecule has 0 atom stereocenters. The number of nitrogen functional groups attached to an aromatic ring is 1. The zero-order chi connectivity index (χ0) is 15.1. The largest absolute Gasteiger partial charge is 0.497 e. The lowest BCUT2D eigenvalue weighted by molar-refractivity contribution is 0.121. The van der Waals surface area contributed by atoms with Crippen LogP contribution in [0.25, 0.3) is 11.4 Å². The van der Waals surface area contributed by atoms with Crippen molar-refractivity contribution < 1.29 is 9.47 Å². The molecule has 1 heterocycles. The summed E-state index contributed by atoms with van der Waals surface area (Å²) in [5.41, 5.74) is 7.37. The number of rotatable bonds is 8. The highest BCUT2D eigenvalue weighted by Gasteiger charge is 2.13. The van der Waals surface area contributed by atoms with Crippen molar-refractivity contribution >= 4 is 5.69 Å². The van der Waals surface area contributed by atoms with E-state index >= 15 is 0 Å². The molecule has 2 N–H and O–H groups in total. The van der Waals surface area contributed by atoms with E-state index in [0.717, 1.165) is 25.0 Å². The standard InChI is InChI=1S/C14H21N5O2/c1-3-4-8-21-9-7-19-14(16-17-18-19)12-10-11(20-2)5-6-13(12)15/h5-6,10H,3-4,7-9,15H2,1-2H3. The lowest BCUT2D eigenvalue weighted by Crippen LogP contribution is -2.10. The van der Waals surface area contributed by atoms with E-state index in [9.17, 15) is 0 Å². The third-order valence-corrected chi connectivity index (χ3v) is 3.12. The Kier molecular flexibility index (Phi) is 5.51. The molecular weight excluding hydrogens is 270 g/mol. The maximum atomic E-state index is 6.00. The number of nitrogens with zero attached hydrogens (tertiary/aromatic N) is 4. The van der Waals surface area contributed by atoms with Gasteiger partial charge in [0.15, 0.2) is 5.82 Å². The summed E-state index contributed by atoms with van der Waals surface area (Å²) in [7, 11) is 1.61. The summed E-state index contributed by atoms with van der Waals surface area (Å²) in [5, 5.41) is 11.8. The number of nitrogens with two attached hydrogens (primary N) is 1. The van der Waals surface area contributed by atoms with Gasteiger partial charge in [0, 0.05) is 17.9 Å². The first kappa shape index (κ1) is 15.2. The first-order chi connectivity index (χ1) is 10.3. The molecule has 0 aliphatic carbocycles. The Morgan fingerprint density at radius 1 is 1.29 bits per heavy atom. The predicted molar refractivity (Wildman–Crippen MR) is 79.9 cm³/mol. The van der Waals surface area contributed by atoms with Crippen LogP contribution in [-0.2, 0) is 11.3 Å². The Hall–Kier alpha value is -2.15. The monoisotopic (exact) mass is 291 g/mol. The maximum absolute atomic E-state index is 6.00. The van der Waals surface area contributed by atoms with E-state index in [1.165, 1.54) is 0 Å². The SMILES string of the molecule is CCCCOCCn1nnnc1-c1cc(OC)ccc1N. The third kappa shape index (κ3) is 3.91. The summed E-state index contributed by atoms with van der Waals surface area (Å²) >= 11 is 0. The Morgan fingerprint density at radius 2 is 2.14 bits per heavy atom. The van der Waals surface area contributed by atoms with E-state index in [2.05, 4.69) is 22.4 Å². The molecule has 0 unspecified atom stereocenters. The van der Waals surface area contributed by atoms with Gasteiger partial charge in [-0.25, -0.2) is 4.68 Å². The van der Waals surface area contributed by atoms with E-state index in [0.29, 0.717) is 30.4 Å². The van der Waals surface area contributed by atoms with E-state index in [1.807, 2.05) is 6.07 Å². The van der Waals surface area contributed by atoms with Crippen LogP contribution in [0.3, 0.4) is 0 Å². The average Bonchev–Trinajstić information content (AvgIpc) is 2.96. The molecule has 0 radical (unpaired) electrons. The second-order valence-corrected chi connectivity index (χ2v) is 4.64. The van der Waals surface area contributed by atoms with Gasteiger partial charge in [-0.1, -0.05) is 13.3 Å². The number of hydrogen-bond acceptors (Lipinski definition) is 6. The molecule has 0 amide bonds. The minimum atomic E-state index is 0.571. The molecule has 1 aromatic carbocycles. The van der Waals surface area contributed by atoms with Crippen LogP contribution in [0.4, 0.5) is 5.69 Å². The van der Waals surface area contributed by atoms with Crippen molar-refractivity contribution in [1.29, 1.82) is 0 Å². The van der Waals surface area contributed by atoms with Crippen LogP contribution in [0.5, 0.6) is 5.75 Å². The number of unbranched alkanes of at least 4 members (excludes halogenated alkanes) is 1. The van der Waals surface area contributed by atoms with Crippen LogP contribution in [0.2, 0.25) is 0 Å². The van der Waals surface area contributed by atoms with Crippen LogP contribution < -0.4 is 10.5 Å². The maximum Gasteiger partial charge on any atom is 0.184 e. The topological polar surface area (TPSA) is 88.1 Å². The van der Waals surface area contributed by atoms with E-state index in [1.54, 1.807) is 23.9 Å². The fourth-order valence-corrected chi connectivity index (χ4v) is 1.90. The van der Waals surface area contributed by atoms with Crippen molar-refractivity contribution in [3.05, 3.63) is 18.2 Å². The summed E-state index contributed by atoms with van der Waals surface area (Å²) in [6.07, 6.45) is 2.18. The van der Waals surface area contributed by atoms with E-state index in [4.69, 9.17) is 15.2 Å². The second kappa shape index (κ2) is 7.58.